The molecule has 106 valence electrons. The van der Waals surface area contributed by atoms with E-state index < -0.39 is 0 Å². The molecule has 2 rings (SSSR count). The molecule has 2 saturated carbocycles. The summed E-state index contributed by atoms with van der Waals surface area (Å²) >= 11 is 0. The van der Waals surface area contributed by atoms with Crippen molar-refractivity contribution in [3.8, 4) is 0 Å². The molecule has 18 heavy (non-hydrogen) atoms. The van der Waals surface area contributed by atoms with E-state index >= 15 is 0 Å². The highest BCUT2D eigenvalue weighted by Gasteiger charge is 2.37. The van der Waals surface area contributed by atoms with Gasteiger partial charge in [-0.3, -0.25) is 0 Å². The van der Waals surface area contributed by atoms with E-state index in [2.05, 4.69) is 20.8 Å². The van der Waals surface area contributed by atoms with E-state index in [1.54, 1.807) is 0 Å². The normalized spacial score (nSPS) is 46.0. The van der Waals surface area contributed by atoms with Gasteiger partial charge in [0.2, 0.25) is 0 Å². The third kappa shape index (κ3) is 3.29. The van der Waals surface area contributed by atoms with Gasteiger partial charge in [0.05, 0.1) is 0 Å². The van der Waals surface area contributed by atoms with Crippen LogP contribution in [-0.4, -0.2) is 6.54 Å². The Hall–Kier alpha value is -0.0400. The lowest BCUT2D eigenvalue weighted by Crippen LogP contribution is -2.37. The molecule has 0 saturated heterocycles. The van der Waals surface area contributed by atoms with Crippen molar-refractivity contribution in [3.63, 3.8) is 0 Å². The van der Waals surface area contributed by atoms with Crippen LogP contribution in [0.4, 0.5) is 0 Å². The summed E-state index contributed by atoms with van der Waals surface area (Å²) in [5.41, 5.74) is 6.06. The minimum Gasteiger partial charge on any atom is -0.330 e. The van der Waals surface area contributed by atoms with Crippen LogP contribution in [0.5, 0.6) is 0 Å². The van der Waals surface area contributed by atoms with E-state index in [-0.39, 0.29) is 0 Å². The van der Waals surface area contributed by atoms with E-state index in [9.17, 15) is 0 Å². The Balaban J connectivity index is 2.02. The zero-order valence-electron chi connectivity index (χ0n) is 12.7. The van der Waals surface area contributed by atoms with Gasteiger partial charge in [0.1, 0.15) is 0 Å². The van der Waals surface area contributed by atoms with Crippen LogP contribution in [0.25, 0.3) is 0 Å². The van der Waals surface area contributed by atoms with Crippen LogP contribution in [0, 0.1) is 35.5 Å². The molecular weight excluding hydrogens is 218 g/mol. The summed E-state index contributed by atoms with van der Waals surface area (Å²) in [6.07, 6.45) is 10.1. The van der Waals surface area contributed by atoms with Crippen molar-refractivity contribution in [2.75, 3.05) is 6.54 Å². The van der Waals surface area contributed by atoms with Gasteiger partial charge in [0.15, 0.2) is 0 Å². The van der Waals surface area contributed by atoms with Crippen molar-refractivity contribution in [2.24, 2.45) is 41.2 Å². The maximum absolute atomic E-state index is 6.06. The third-order valence-electron chi connectivity index (χ3n) is 5.86. The molecule has 5 atom stereocenters. The second-order valence-electron chi connectivity index (χ2n) is 7.42. The Morgan fingerprint density at radius 1 is 0.944 bits per heavy atom. The number of hydrogen-bond acceptors (Lipinski definition) is 1. The molecular formula is C17H33N. The fraction of sp³-hybridized carbons (Fsp3) is 1.00. The minimum atomic E-state index is 0.829. The lowest BCUT2D eigenvalue weighted by Gasteiger charge is -2.44. The lowest BCUT2D eigenvalue weighted by atomic mass is 9.62. The molecule has 0 aromatic heterocycles. The van der Waals surface area contributed by atoms with Gasteiger partial charge in [-0.2, -0.15) is 0 Å². The molecule has 0 aromatic carbocycles. The molecule has 2 aliphatic rings. The molecule has 2 fully saturated rings. The van der Waals surface area contributed by atoms with Crippen molar-refractivity contribution in [1.29, 1.82) is 0 Å². The Labute approximate surface area is 114 Å². The first-order valence-electron chi connectivity index (χ1n) is 8.34. The van der Waals surface area contributed by atoms with Crippen LogP contribution in [0.3, 0.4) is 0 Å². The molecule has 1 nitrogen and oxygen atoms in total. The minimum absolute atomic E-state index is 0.829. The quantitative estimate of drug-likeness (QED) is 0.787. The standard InChI is InChI=1S/C17H33N/c1-4-14-5-6-15(11-18)17(10-14)16-8-12(2)7-13(3)9-16/h12-17H,4-11,18H2,1-3H3. The first kappa shape index (κ1) is 14.4. The van der Waals surface area contributed by atoms with Gasteiger partial charge < -0.3 is 5.73 Å². The van der Waals surface area contributed by atoms with Crippen LogP contribution in [0.2, 0.25) is 0 Å². The zero-order valence-corrected chi connectivity index (χ0v) is 12.7. The molecule has 2 aliphatic carbocycles. The molecule has 0 spiro atoms. The maximum Gasteiger partial charge on any atom is -0.00461 e. The first-order chi connectivity index (χ1) is 8.63. The van der Waals surface area contributed by atoms with Crippen molar-refractivity contribution in [3.05, 3.63) is 0 Å². The van der Waals surface area contributed by atoms with E-state index in [4.69, 9.17) is 5.73 Å². The van der Waals surface area contributed by atoms with Gasteiger partial charge in [0, 0.05) is 0 Å². The molecule has 0 amide bonds. The van der Waals surface area contributed by atoms with E-state index in [0.29, 0.717) is 0 Å². The fourth-order valence-corrected chi connectivity index (χ4v) is 4.96. The van der Waals surface area contributed by atoms with Gasteiger partial charge >= 0.3 is 0 Å². The monoisotopic (exact) mass is 251 g/mol. The van der Waals surface area contributed by atoms with Gasteiger partial charge in [-0.05, 0) is 74.2 Å². The second kappa shape index (κ2) is 6.41. The van der Waals surface area contributed by atoms with Gasteiger partial charge in [-0.1, -0.05) is 33.6 Å². The van der Waals surface area contributed by atoms with Crippen LogP contribution in [0.1, 0.15) is 65.7 Å². The van der Waals surface area contributed by atoms with Gasteiger partial charge in [-0.15, -0.1) is 0 Å². The van der Waals surface area contributed by atoms with E-state index in [0.717, 1.165) is 42.1 Å². The lowest BCUT2D eigenvalue weighted by molar-refractivity contribution is 0.0687. The smallest absolute Gasteiger partial charge is 0.00461 e. The van der Waals surface area contributed by atoms with Crippen LogP contribution in [-0.2, 0) is 0 Å². The van der Waals surface area contributed by atoms with E-state index in [1.165, 1.54) is 44.9 Å². The van der Waals surface area contributed by atoms with Crippen molar-refractivity contribution in [2.45, 2.75) is 65.7 Å². The number of nitrogens with two attached hydrogens (primary N) is 1. The summed E-state index contributed by atoms with van der Waals surface area (Å²) in [6, 6.07) is 0. The highest BCUT2D eigenvalue weighted by Crippen LogP contribution is 2.46. The molecule has 1 heteroatoms. The molecule has 0 bridgehead atoms. The largest absolute Gasteiger partial charge is 0.330 e. The predicted molar refractivity (Wildman–Crippen MR) is 79.3 cm³/mol. The Bertz CT molecular complexity index is 240. The highest BCUT2D eigenvalue weighted by molar-refractivity contribution is 4.88. The van der Waals surface area contributed by atoms with Gasteiger partial charge in [0.25, 0.3) is 0 Å². The fourth-order valence-electron chi connectivity index (χ4n) is 4.96. The summed E-state index contributed by atoms with van der Waals surface area (Å²) < 4.78 is 0. The highest BCUT2D eigenvalue weighted by atomic mass is 14.6. The van der Waals surface area contributed by atoms with Crippen molar-refractivity contribution < 1.29 is 0 Å². The van der Waals surface area contributed by atoms with Crippen molar-refractivity contribution >= 4 is 0 Å². The second-order valence-corrected chi connectivity index (χ2v) is 7.42. The van der Waals surface area contributed by atoms with Crippen molar-refractivity contribution in [1.82, 2.24) is 0 Å². The molecule has 5 unspecified atom stereocenters. The Morgan fingerprint density at radius 3 is 2.17 bits per heavy atom. The maximum atomic E-state index is 6.06. The average Bonchev–Trinajstić information content (AvgIpc) is 2.36. The molecule has 2 N–H and O–H groups in total. The summed E-state index contributed by atoms with van der Waals surface area (Å²) in [5.74, 6) is 5.63. The predicted octanol–water partition coefficient (Wildman–Crippen LogP) is 4.46. The van der Waals surface area contributed by atoms with Crippen LogP contribution < -0.4 is 5.73 Å². The van der Waals surface area contributed by atoms with E-state index in [1.807, 2.05) is 0 Å². The average molecular weight is 251 g/mol. The third-order valence-corrected chi connectivity index (χ3v) is 5.86. The molecule has 0 aromatic rings. The summed E-state index contributed by atoms with van der Waals surface area (Å²) in [7, 11) is 0. The zero-order chi connectivity index (χ0) is 13.1. The number of hydrogen-bond donors (Lipinski definition) is 1. The first-order valence-corrected chi connectivity index (χ1v) is 8.34. The number of rotatable bonds is 3. The summed E-state index contributed by atoms with van der Waals surface area (Å²) in [5, 5.41) is 0. The summed E-state index contributed by atoms with van der Waals surface area (Å²) in [4.78, 5) is 0. The Kier molecular flexibility index (Phi) is 5.12. The SMILES string of the molecule is CCC1CCC(CN)C(C2CC(C)CC(C)C2)C1. The van der Waals surface area contributed by atoms with Crippen LogP contribution >= 0.6 is 0 Å². The van der Waals surface area contributed by atoms with Crippen LogP contribution in [0.15, 0.2) is 0 Å². The molecule has 0 radical (unpaired) electrons. The van der Waals surface area contributed by atoms with Gasteiger partial charge in [-0.25, -0.2) is 0 Å². The summed E-state index contributed by atoms with van der Waals surface area (Å²) in [6.45, 7) is 8.22. The Morgan fingerprint density at radius 2 is 1.61 bits per heavy atom. The molecule has 0 aliphatic heterocycles. The topological polar surface area (TPSA) is 26.0 Å². The molecule has 0 heterocycles.